The summed E-state index contributed by atoms with van der Waals surface area (Å²) in [5, 5.41) is 8.77. The molecule has 3 heteroatoms. The molecule has 0 aliphatic heterocycles. The monoisotopic (exact) mass is 274 g/mol. The minimum absolute atomic E-state index is 0.0472. The van der Waals surface area contributed by atoms with Gasteiger partial charge in [0, 0.05) is 23.5 Å². The summed E-state index contributed by atoms with van der Waals surface area (Å²) in [6.45, 7) is 0. The number of rotatable bonds is 2. The summed E-state index contributed by atoms with van der Waals surface area (Å²) in [6.07, 6.45) is 3.46. The van der Waals surface area contributed by atoms with Gasteiger partial charge in [-0.2, -0.15) is 5.26 Å². The highest BCUT2D eigenvalue weighted by Gasteiger charge is 2.06. The Morgan fingerprint density at radius 1 is 0.810 bits per heavy atom. The molecule has 0 saturated carbocycles. The fourth-order valence-electron chi connectivity index (χ4n) is 2.17. The van der Waals surface area contributed by atoms with Crippen LogP contribution in [0.15, 0.2) is 67.0 Å². The van der Waals surface area contributed by atoms with Gasteiger partial charge in [0.1, 0.15) is 11.9 Å². The maximum atomic E-state index is 13.7. The number of benzene rings is 2. The molecule has 3 rings (SSSR count). The SMILES string of the molecule is N#Cc1ccc(-c2cncc(-c3ccccc3)c2)cc1F. The lowest BCUT2D eigenvalue weighted by atomic mass is 10.0. The van der Waals surface area contributed by atoms with Crippen molar-refractivity contribution in [3.63, 3.8) is 0 Å². The molecule has 1 aromatic heterocycles. The van der Waals surface area contributed by atoms with E-state index in [1.807, 2.05) is 42.5 Å². The van der Waals surface area contributed by atoms with Gasteiger partial charge in [-0.05, 0) is 29.3 Å². The average Bonchev–Trinajstić information content (AvgIpc) is 2.56. The van der Waals surface area contributed by atoms with Crippen molar-refractivity contribution < 1.29 is 4.39 Å². The first-order valence-electron chi connectivity index (χ1n) is 6.48. The molecule has 1 heterocycles. The Kier molecular flexibility index (Phi) is 3.44. The molecule has 21 heavy (non-hydrogen) atoms. The number of nitrogens with zero attached hydrogens (tertiary/aromatic N) is 2. The van der Waals surface area contributed by atoms with Gasteiger partial charge in [-0.1, -0.05) is 36.4 Å². The van der Waals surface area contributed by atoms with Gasteiger partial charge in [0.25, 0.3) is 0 Å². The Labute approximate surface area is 122 Å². The topological polar surface area (TPSA) is 36.7 Å². The quantitative estimate of drug-likeness (QED) is 0.693. The van der Waals surface area contributed by atoms with Gasteiger partial charge < -0.3 is 0 Å². The second-order valence-electron chi connectivity index (χ2n) is 4.63. The van der Waals surface area contributed by atoms with Crippen molar-refractivity contribution in [1.29, 1.82) is 5.26 Å². The number of nitriles is 1. The zero-order valence-electron chi connectivity index (χ0n) is 11.1. The lowest BCUT2D eigenvalue weighted by Gasteiger charge is -2.06. The molecule has 2 nitrogen and oxygen atoms in total. The molecule has 0 atom stereocenters. The Morgan fingerprint density at radius 2 is 1.52 bits per heavy atom. The van der Waals surface area contributed by atoms with E-state index in [1.165, 1.54) is 12.1 Å². The van der Waals surface area contributed by atoms with Crippen LogP contribution in [0.2, 0.25) is 0 Å². The van der Waals surface area contributed by atoms with E-state index in [2.05, 4.69) is 4.98 Å². The molecule has 0 amide bonds. The summed E-state index contributed by atoms with van der Waals surface area (Å²) in [5.41, 5.74) is 3.60. The predicted octanol–water partition coefficient (Wildman–Crippen LogP) is 4.43. The molecular weight excluding hydrogens is 263 g/mol. The first-order valence-corrected chi connectivity index (χ1v) is 6.48. The van der Waals surface area contributed by atoms with Crippen LogP contribution in [0.5, 0.6) is 0 Å². The van der Waals surface area contributed by atoms with Crippen molar-refractivity contribution in [2.75, 3.05) is 0 Å². The van der Waals surface area contributed by atoms with Crippen molar-refractivity contribution in [2.24, 2.45) is 0 Å². The molecule has 0 fully saturated rings. The summed E-state index contributed by atoms with van der Waals surface area (Å²) >= 11 is 0. The fourth-order valence-corrected chi connectivity index (χ4v) is 2.17. The van der Waals surface area contributed by atoms with E-state index in [1.54, 1.807) is 18.5 Å². The van der Waals surface area contributed by atoms with E-state index in [-0.39, 0.29) is 5.56 Å². The molecule has 0 aliphatic carbocycles. The van der Waals surface area contributed by atoms with Crippen LogP contribution in [0.1, 0.15) is 5.56 Å². The summed E-state index contributed by atoms with van der Waals surface area (Å²) in [6, 6.07) is 18.2. The first kappa shape index (κ1) is 13.0. The largest absolute Gasteiger partial charge is 0.263 e. The predicted molar refractivity (Wildman–Crippen MR) is 79.8 cm³/mol. The smallest absolute Gasteiger partial charge is 0.141 e. The zero-order chi connectivity index (χ0) is 14.7. The van der Waals surface area contributed by atoms with Gasteiger partial charge in [-0.15, -0.1) is 0 Å². The third-order valence-corrected chi connectivity index (χ3v) is 3.27. The van der Waals surface area contributed by atoms with Crippen LogP contribution in [0.25, 0.3) is 22.3 Å². The molecule has 100 valence electrons. The van der Waals surface area contributed by atoms with Crippen molar-refractivity contribution in [3.05, 3.63) is 78.4 Å². The van der Waals surface area contributed by atoms with Crippen LogP contribution in [0.3, 0.4) is 0 Å². The highest BCUT2D eigenvalue weighted by atomic mass is 19.1. The van der Waals surface area contributed by atoms with Crippen molar-refractivity contribution >= 4 is 0 Å². The molecule has 3 aromatic rings. The zero-order valence-corrected chi connectivity index (χ0v) is 11.1. The molecule has 0 unspecified atom stereocenters. The van der Waals surface area contributed by atoms with Crippen molar-refractivity contribution in [2.45, 2.75) is 0 Å². The third kappa shape index (κ3) is 2.65. The number of hydrogen-bond acceptors (Lipinski definition) is 2. The second-order valence-corrected chi connectivity index (χ2v) is 4.63. The van der Waals surface area contributed by atoms with Gasteiger partial charge in [-0.25, -0.2) is 4.39 Å². The third-order valence-electron chi connectivity index (χ3n) is 3.27. The molecule has 0 bridgehead atoms. The number of pyridine rings is 1. The van der Waals surface area contributed by atoms with Crippen LogP contribution < -0.4 is 0 Å². The van der Waals surface area contributed by atoms with Gasteiger partial charge in [0.15, 0.2) is 0 Å². The summed E-state index contributed by atoms with van der Waals surface area (Å²) in [7, 11) is 0. The Bertz CT molecular complexity index is 820. The molecule has 0 spiro atoms. The van der Waals surface area contributed by atoms with E-state index < -0.39 is 5.82 Å². The first-order chi connectivity index (χ1) is 10.3. The summed E-state index contributed by atoms with van der Waals surface area (Å²) in [4.78, 5) is 4.22. The van der Waals surface area contributed by atoms with E-state index in [0.717, 1.165) is 16.7 Å². The minimum Gasteiger partial charge on any atom is -0.263 e. The minimum atomic E-state index is -0.514. The molecule has 2 aromatic carbocycles. The molecule has 0 N–H and O–H groups in total. The maximum Gasteiger partial charge on any atom is 0.141 e. The lowest BCUT2D eigenvalue weighted by molar-refractivity contribution is 0.624. The van der Waals surface area contributed by atoms with E-state index in [0.29, 0.717) is 5.56 Å². The number of aromatic nitrogens is 1. The maximum absolute atomic E-state index is 13.7. The van der Waals surface area contributed by atoms with Gasteiger partial charge >= 0.3 is 0 Å². The average molecular weight is 274 g/mol. The van der Waals surface area contributed by atoms with Crippen LogP contribution in [0, 0.1) is 17.1 Å². The van der Waals surface area contributed by atoms with Crippen LogP contribution in [-0.2, 0) is 0 Å². The molecule has 0 radical (unpaired) electrons. The lowest BCUT2D eigenvalue weighted by Crippen LogP contribution is -1.87. The molecular formula is C18H11FN2. The Balaban J connectivity index is 2.05. The standard InChI is InChI=1S/C18H11FN2/c19-18-9-14(6-7-15(18)10-20)17-8-16(11-21-12-17)13-4-2-1-3-5-13/h1-9,11-12H. The van der Waals surface area contributed by atoms with Crippen LogP contribution in [-0.4, -0.2) is 4.98 Å². The summed E-state index contributed by atoms with van der Waals surface area (Å²) < 4.78 is 13.7. The summed E-state index contributed by atoms with van der Waals surface area (Å²) in [5.74, 6) is -0.514. The van der Waals surface area contributed by atoms with Gasteiger partial charge in [0.05, 0.1) is 5.56 Å². The molecule has 0 saturated heterocycles. The highest BCUT2D eigenvalue weighted by molar-refractivity contribution is 5.72. The Hall–Kier alpha value is -2.99. The van der Waals surface area contributed by atoms with Crippen molar-refractivity contribution in [3.8, 4) is 28.3 Å². The number of hydrogen-bond donors (Lipinski definition) is 0. The van der Waals surface area contributed by atoms with Crippen LogP contribution in [0.4, 0.5) is 4.39 Å². The highest BCUT2D eigenvalue weighted by Crippen LogP contribution is 2.26. The van der Waals surface area contributed by atoms with Gasteiger partial charge in [0.2, 0.25) is 0 Å². The second kappa shape index (κ2) is 5.56. The van der Waals surface area contributed by atoms with Gasteiger partial charge in [-0.3, -0.25) is 4.98 Å². The normalized spacial score (nSPS) is 10.1. The van der Waals surface area contributed by atoms with E-state index in [9.17, 15) is 4.39 Å². The fraction of sp³-hybridized carbons (Fsp3) is 0. The Morgan fingerprint density at radius 3 is 2.19 bits per heavy atom. The van der Waals surface area contributed by atoms with Crippen molar-refractivity contribution in [1.82, 2.24) is 4.98 Å². The van der Waals surface area contributed by atoms with E-state index >= 15 is 0 Å². The number of halogens is 1. The van der Waals surface area contributed by atoms with E-state index in [4.69, 9.17) is 5.26 Å². The van der Waals surface area contributed by atoms with Crippen LogP contribution >= 0.6 is 0 Å². The molecule has 0 aliphatic rings.